The number of hydrogen-bond acceptors (Lipinski definition) is 5. The van der Waals surface area contributed by atoms with Gasteiger partial charge in [-0.2, -0.15) is 0 Å². The molecule has 0 radical (unpaired) electrons. The van der Waals surface area contributed by atoms with E-state index in [9.17, 15) is 10.1 Å². The van der Waals surface area contributed by atoms with Crippen LogP contribution >= 0.6 is 0 Å². The predicted octanol–water partition coefficient (Wildman–Crippen LogP) is 3.18. The molecule has 0 fully saturated rings. The van der Waals surface area contributed by atoms with Crippen molar-refractivity contribution in [1.29, 1.82) is 0 Å². The number of oxazole rings is 1. The number of nitro benzene ring substituents is 1. The van der Waals surface area contributed by atoms with Crippen molar-refractivity contribution in [3.05, 3.63) is 46.5 Å². The zero-order chi connectivity index (χ0) is 15.1. The maximum atomic E-state index is 10.6. The van der Waals surface area contributed by atoms with Gasteiger partial charge in [0.1, 0.15) is 0 Å². The molecule has 0 spiro atoms. The van der Waals surface area contributed by atoms with Crippen molar-refractivity contribution < 1.29 is 9.34 Å². The molecule has 0 unspecified atom stereocenters. The van der Waals surface area contributed by atoms with Crippen LogP contribution in [0, 0.1) is 10.1 Å². The first-order valence-corrected chi connectivity index (χ1v) is 7.11. The number of hydrogen-bond donors (Lipinski definition) is 1. The molecule has 1 aromatic carbocycles. The molecule has 1 aromatic heterocycles. The van der Waals surface area contributed by atoms with Crippen molar-refractivity contribution in [1.82, 2.24) is 10.3 Å². The van der Waals surface area contributed by atoms with Gasteiger partial charge in [0.2, 0.25) is 0 Å². The molecule has 21 heavy (non-hydrogen) atoms. The highest BCUT2D eigenvalue weighted by Crippen LogP contribution is 2.23. The maximum absolute atomic E-state index is 10.6. The minimum atomic E-state index is -0.418. The van der Waals surface area contributed by atoms with Gasteiger partial charge in [-0.15, -0.1) is 0 Å². The third kappa shape index (κ3) is 4.39. The molecule has 0 bridgehead atoms. The van der Waals surface area contributed by atoms with E-state index >= 15 is 0 Å². The summed E-state index contributed by atoms with van der Waals surface area (Å²) in [5, 5.41) is 13.9. The van der Waals surface area contributed by atoms with Crippen LogP contribution < -0.4 is 5.32 Å². The number of nitrogens with one attached hydrogen (secondary N) is 1. The largest absolute Gasteiger partial charge is 0.441 e. The molecule has 1 heterocycles. The fourth-order valence-electron chi connectivity index (χ4n) is 1.97. The molecular formula is C15H19N3O3. The Labute approximate surface area is 123 Å². The fourth-order valence-corrected chi connectivity index (χ4v) is 1.97. The molecule has 0 saturated heterocycles. The molecule has 2 rings (SSSR count). The van der Waals surface area contributed by atoms with Crippen molar-refractivity contribution in [3.8, 4) is 11.3 Å². The third-order valence-electron chi connectivity index (χ3n) is 3.09. The highest BCUT2D eigenvalue weighted by atomic mass is 16.6. The molecule has 0 amide bonds. The predicted molar refractivity (Wildman–Crippen MR) is 80.1 cm³/mol. The Morgan fingerprint density at radius 3 is 2.71 bits per heavy atom. The molecule has 6 heteroatoms. The van der Waals surface area contributed by atoms with Crippen molar-refractivity contribution in [2.24, 2.45) is 0 Å². The van der Waals surface area contributed by atoms with Crippen molar-refractivity contribution >= 4 is 5.69 Å². The summed E-state index contributed by atoms with van der Waals surface area (Å²) in [7, 11) is 0. The number of nitro groups is 1. The molecule has 0 atom stereocenters. The first kappa shape index (κ1) is 15.2. The summed E-state index contributed by atoms with van der Waals surface area (Å²) in [5.41, 5.74) is 0.865. The van der Waals surface area contributed by atoms with Gasteiger partial charge < -0.3 is 9.73 Å². The van der Waals surface area contributed by atoms with E-state index < -0.39 is 4.92 Å². The molecular weight excluding hydrogens is 270 g/mol. The Morgan fingerprint density at radius 2 is 2.05 bits per heavy atom. The number of nitrogens with zero attached hydrogens (tertiary/aromatic N) is 2. The van der Waals surface area contributed by atoms with E-state index in [4.69, 9.17) is 4.42 Å². The molecule has 112 valence electrons. The van der Waals surface area contributed by atoms with Crippen LogP contribution in [0.25, 0.3) is 11.3 Å². The molecule has 0 aliphatic heterocycles. The molecule has 1 N–H and O–H groups in total. The van der Waals surface area contributed by atoms with Crippen LogP contribution in [0.2, 0.25) is 0 Å². The standard InChI is InChI=1S/C15H19N3O3/c1-2-9-16-10-3-4-15-17-11-14(21-15)12-5-7-13(8-6-12)18(19)20/h5-8,11,16H,2-4,9-10H2,1H3. The Bertz CT molecular complexity index is 578. The normalized spacial score (nSPS) is 10.7. The smallest absolute Gasteiger partial charge is 0.269 e. The molecule has 2 aromatic rings. The minimum absolute atomic E-state index is 0.0699. The zero-order valence-electron chi connectivity index (χ0n) is 12.0. The van der Waals surface area contributed by atoms with Crippen LogP contribution in [0.3, 0.4) is 0 Å². The Balaban J connectivity index is 1.91. The van der Waals surface area contributed by atoms with Gasteiger partial charge in [-0.3, -0.25) is 10.1 Å². The third-order valence-corrected chi connectivity index (χ3v) is 3.09. The monoisotopic (exact) mass is 289 g/mol. The lowest BCUT2D eigenvalue weighted by Gasteiger charge is -2.00. The summed E-state index contributed by atoms with van der Waals surface area (Å²) < 4.78 is 5.67. The lowest BCUT2D eigenvalue weighted by molar-refractivity contribution is -0.384. The fraction of sp³-hybridized carbons (Fsp3) is 0.400. The van der Waals surface area contributed by atoms with Gasteiger partial charge in [0.05, 0.1) is 11.1 Å². The topological polar surface area (TPSA) is 81.2 Å². The number of aromatic nitrogens is 1. The number of non-ortho nitro benzene ring substituents is 1. The molecule has 0 aliphatic rings. The average Bonchev–Trinajstić information content (AvgIpc) is 2.96. The average molecular weight is 289 g/mol. The summed E-state index contributed by atoms with van der Waals surface area (Å²) in [6, 6.07) is 6.27. The quantitative estimate of drug-likeness (QED) is 0.458. The summed E-state index contributed by atoms with van der Waals surface area (Å²) in [6.07, 6.45) is 4.54. The number of rotatable bonds is 8. The summed E-state index contributed by atoms with van der Waals surface area (Å²) in [6.45, 7) is 4.11. The number of aryl methyl sites for hydroxylation is 1. The van der Waals surface area contributed by atoms with E-state index in [0.29, 0.717) is 11.7 Å². The Morgan fingerprint density at radius 1 is 1.29 bits per heavy atom. The first-order valence-electron chi connectivity index (χ1n) is 7.11. The van der Waals surface area contributed by atoms with Crippen LogP contribution in [0.4, 0.5) is 5.69 Å². The lowest BCUT2D eigenvalue weighted by Crippen LogP contribution is -2.16. The highest BCUT2D eigenvalue weighted by molar-refractivity contribution is 5.58. The summed E-state index contributed by atoms with van der Waals surface area (Å²) >= 11 is 0. The number of benzene rings is 1. The zero-order valence-corrected chi connectivity index (χ0v) is 12.0. The van der Waals surface area contributed by atoms with E-state index in [1.807, 2.05) is 0 Å². The van der Waals surface area contributed by atoms with E-state index in [1.165, 1.54) is 12.1 Å². The van der Waals surface area contributed by atoms with Gasteiger partial charge in [0.15, 0.2) is 11.7 Å². The van der Waals surface area contributed by atoms with Gasteiger partial charge in [0, 0.05) is 24.1 Å². The highest BCUT2D eigenvalue weighted by Gasteiger charge is 2.09. The molecule has 0 aliphatic carbocycles. The SMILES string of the molecule is CCCNCCCc1ncc(-c2ccc([N+](=O)[O-])cc2)o1. The van der Waals surface area contributed by atoms with Crippen LogP contribution in [-0.2, 0) is 6.42 Å². The first-order chi connectivity index (χ1) is 10.2. The van der Waals surface area contributed by atoms with Crippen LogP contribution in [0.15, 0.2) is 34.9 Å². The van der Waals surface area contributed by atoms with E-state index in [2.05, 4.69) is 17.2 Å². The van der Waals surface area contributed by atoms with Gasteiger partial charge in [0.25, 0.3) is 5.69 Å². The maximum Gasteiger partial charge on any atom is 0.269 e. The van der Waals surface area contributed by atoms with Gasteiger partial charge in [-0.05, 0) is 38.1 Å². The second-order valence-corrected chi connectivity index (χ2v) is 4.78. The second-order valence-electron chi connectivity index (χ2n) is 4.78. The Kier molecular flexibility index (Phi) is 5.45. The van der Waals surface area contributed by atoms with Crippen LogP contribution in [0.5, 0.6) is 0 Å². The summed E-state index contributed by atoms with van der Waals surface area (Å²) in [4.78, 5) is 14.4. The van der Waals surface area contributed by atoms with Crippen molar-refractivity contribution in [2.75, 3.05) is 13.1 Å². The van der Waals surface area contributed by atoms with Crippen molar-refractivity contribution in [2.45, 2.75) is 26.2 Å². The van der Waals surface area contributed by atoms with Crippen LogP contribution in [0.1, 0.15) is 25.7 Å². The summed E-state index contributed by atoms with van der Waals surface area (Å²) in [5.74, 6) is 1.34. The lowest BCUT2D eigenvalue weighted by atomic mass is 10.2. The Hall–Kier alpha value is -2.21. The van der Waals surface area contributed by atoms with E-state index in [-0.39, 0.29) is 5.69 Å². The van der Waals surface area contributed by atoms with Gasteiger partial charge in [-0.1, -0.05) is 6.92 Å². The minimum Gasteiger partial charge on any atom is -0.441 e. The van der Waals surface area contributed by atoms with Crippen molar-refractivity contribution in [3.63, 3.8) is 0 Å². The van der Waals surface area contributed by atoms with Gasteiger partial charge >= 0.3 is 0 Å². The van der Waals surface area contributed by atoms with E-state index in [1.54, 1.807) is 18.3 Å². The van der Waals surface area contributed by atoms with Crippen LogP contribution in [-0.4, -0.2) is 23.0 Å². The van der Waals surface area contributed by atoms with Gasteiger partial charge in [-0.25, -0.2) is 4.98 Å². The van der Waals surface area contributed by atoms with E-state index in [0.717, 1.165) is 37.9 Å². The molecule has 6 nitrogen and oxygen atoms in total. The molecule has 0 saturated carbocycles. The second kappa shape index (κ2) is 7.54.